The molecule has 0 saturated carbocycles. The van der Waals surface area contributed by atoms with Crippen LogP contribution < -0.4 is 15.4 Å². The Kier molecular flexibility index (Phi) is 7.51. The standard InChI is InChI=1S/C22H22F3N5O4/c1-13(2)19(12-31)28-21-27-18(14-4-3-5-17(10-14)34-22(23,24)25)11-20(29-21)26-15-6-8-16(9-7-15)30(32)33/h3-11,13,19,31H,12H2,1-2H3,(H2,26,27,28,29)/t19-/m0/s1. The van der Waals surface area contributed by atoms with E-state index in [2.05, 4.69) is 25.3 Å². The molecule has 0 aliphatic rings. The maximum Gasteiger partial charge on any atom is 0.573 e. The van der Waals surface area contributed by atoms with Gasteiger partial charge in [0.15, 0.2) is 0 Å². The summed E-state index contributed by atoms with van der Waals surface area (Å²) in [6.45, 7) is 3.60. The van der Waals surface area contributed by atoms with Crippen LogP contribution in [0.3, 0.4) is 0 Å². The van der Waals surface area contributed by atoms with Crippen LogP contribution in [-0.4, -0.2) is 39.0 Å². The highest BCUT2D eigenvalue weighted by Gasteiger charge is 2.31. The number of aliphatic hydroxyl groups is 1. The molecule has 0 radical (unpaired) electrons. The van der Waals surface area contributed by atoms with Crippen LogP contribution in [0.15, 0.2) is 54.6 Å². The van der Waals surface area contributed by atoms with Gasteiger partial charge in [-0.15, -0.1) is 13.2 Å². The lowest BCUT2D eigenvalue weighted by atomic mass is 10.1. The van der Waals surface area contributed by atoms with Gasteiger partial charge in [-0.1, -0.05) is 26.0 Å². The molecule has 0 aliphatic carbocycles. The minimum Gasteiger partial charge on any atom is -0.406 e. The highest BCUT2D eigenvalue weighted by molar-refractivity contribution is 5.68. The molecule has 0 fully saturated rings. The maximum atomic E-state index is 12.6. The Labute approximate surface area is 192 Å². The Balaban J connectivity index is 1.99. The molecule has 3 N–H and O–H groups in total. The van der Waals surface area contributed by atoms with Crippen molar-refractivity contribution in [3.8, 4) is 17.0 Å². The molecule has 34 heavy (non-hydrogen) atoms. The number of halogens is 3. The van der Waals surface area contributed by atoms with Crippen molar-refractivity contribution in [3.05, 3.63) is 64.7 Å². The molecule has 0 bridgehead atoms. The molecule has 3 aromatic rings. The zero-order valence-corrected chi connectivity index (χ0v) is 18.2. The Hall–Kier alpha value is -3.93. The summed E-state index contributed by atoms with van der Waals surface area (Å²) in [5.74, 6) is 0.0472. The molecule has 1 aromatic heterocycles. The first-order valence-corrected chi connectivity index (χ1v) is 10.2. The van der Waals surface area contributed by atoms with E-state index in [0.29, 0.717) is 11.3 Å². The van der Waals surface area contributed by atoms with Gasteiger partial charge in [0.25, 0.3) is 5.69 Å². The Morgan fingerprint density at radius 1 is 1.12 bits per heavy atom. The van der Waals surface area contributed by atoms with Gasteiger partial charge in [-0.05, 0) is 30.2 Å². The molecule has 0 amide bonds. The number of anilines is 3. The molecule has 0 aliphatic heterocycles. The van der Waals surface area contributed by atoms with Crippen molar-refractivity contribution in [2.45, 2.75) is 26.3 Å². The SMILES string of the molecule is CC(C)[C@H](CO)Nc1nc(Nc2ccc([N+](=O)[O-])cc2)cc(-c2cccc(OC(F)(F)F)c2)n1. The van der Waals surface area contributed by atoms with E-state index in [1.54, 1.807) is 6.07 Å². The fourth-order valence-corrected chi connectivity index (χ4v) is 2.98. The van der Waals surface area contributed by atoms with Crippen LogP contribution in [0.1, 0.15) is 13.8 Å². The smallest absolute Gasteiger partial charge is 0.406 e. The van der Waals surface area contributed by atoms with Crippen molar-refractivity contribution in [1.29, 1.82) is 0 Å². The van der Waals surface area contributed by atoms with E-state index < -0.39 is 17.0 Å². The number of hydrogen-bond acceptors (Lipinski definition) is 8. The van der Waals surface area contributed by atoms with Gasteiger partial charge in [0.1, 0.15) is 11.6 Å². The average molecular weight is 477 g/mol. The van der Waals surface area contributed by atoms with Gasteiger partial charge in [-0.3, -0.25) is 10.1 Å². The Morgan fingerprint density at radius 2 is 1.82 bits per heavy atom. The molecule has 0 saturated heterocycles. The summed E-state index contributed by atoms with van der Waals surface area (Å²) in [7, 11) is 0. The Morgan fingerprint density at radius 3 is 2.41 bits per heavy atom. The molecule has 0 unspecified atom stereocenters. The number of aliphatic hydroxyl groups excluding tert-OH is 1. The van der Waals surface area contributed by atoms with Gasteiger partial charge in [0, 0.05) is 29.4 Å². The van der Waals surface area contributed by atoms with Crippen LogP contribution in [0.4, 0.5) is 36.3 Å². The molecular weight excluding hydrogens is 455 g/mol. The van der Waals surface area contributed by atoms with Crippen LogP contribution in [0.5, 0.6) is 5.75 Å². The van der Waals surface area contributed by atoms with Crippen molar-refractivity contribution in [2.24, 2.45) is 5.92 Å². The fraction of sp³-hybridized carbons (Fsp3) is 0.273. The second-order valence-corrected chi connectivity index (χ2v) is 7.64. The quantitative estimate of drug-likeness (QED) is 0.287. The van der Waals surface area contributed by atoms with Gasteiger partial charge < -0.3 is 20.5 Å². The second kappa shape index (κ2) is 10.3. The lowest BCUT2D eigenvalue weighted by Gasteiger charge is -2.21. The molecule has 1 heterocycles. The lowest BCUT2D eigenvalue weighted by Crippen LogP contribution is -2.30. The molecular formula is C22H22F3N5O4. The number of rotatable bonds is 9. The van der Waals surface area contributed by atoms with Gasteiger partial charge in [0.05, 0.1) is 23.3 Å². The monoisotopic (exact) mass is 477 g/mol. The van der Waals surface area contributed by atoms with Crippen molar-refractivity contribution in [1.82, 2.24) is 9.97 Å². The number of aromatic nitrogens is 2. The van der Waals surface area contributed by atoms with E-state index in [-0.39, 0.29) is 41.7 Å². The van der Waals surface area contributed by atoms with Gasteiger partial charge in [-0.2, -0.15) is 4.98 Å². The molecule has 3 rings (SSSR count). The topological polar surface area (TPSA) is 122 Å². The van der Waals surface area contributed by atoms with Gasteiger partial charge in [-0.25, -0.2) is 4.98 Å². The number of non-ortho nitro benzene ring substituents is 1. The van der Waals surface area contributed by atoms with E-state index in [0.717, 1.165) is 0 Å². The van der Waals surface area contributed by atoms with Crippen molar-refractivity contribution in [2.75, 3.05) is 17.2 Å². The molecule has 12 heteroatoms. The zero-order valence-electron chi connectivity index (χ0n) is 18.2. The summed E-state index contributed by atoms with van der Waals surface area (Å²) in [6, 6.07) is 12.1. The summed E-state index contributed by atoms with van der Waals surface area (Å²) in [4.78, 5) is 19.1. The number of nitrogens with zero attached hydrogens (tertiary/aromatic N) is 3. The first-order chi connectivity index (χ1) is 16.0. The average Bonchev–Trinajstić information content (AvgIpc) is 2.76. The minimum atomic E-state index is -4.84. The highest BCUT2D eigenvalue weighted by Crippen LogP contribution is 2.30. The zero-order chi connectivity index (χ0) is 24.9. The minimum absolute atomic E-state index is 0.0341. The van der Waals surface area contributed by atoms with E-state index >= 15 is 0 Å². The first kappa shape index (κ1) is 24.7. The fourth-order valence-electron chi connectivity index (χ4n) is 2.98. The van der Waals surface area contributed by atoms with Crippen LogP contribution in [0.25, 0.3) is 11.3 Å². The normalized spacial score (nSPS) is 12.3. The van der Waals surface area contributed by atoms with Crippen molar-refractivity contribution < 1.29 is 27.9 Å². The molecule has 2 aromatic carbocycles. The predicted octanol–water partition coefficient (Wildman–Crippen LogP) is 5.12. The number of benzene rings is 2. The van der Waals surface area contributed by atoms with E-state index in [1.165, 1.54) is 48.5 Å². The maximum absolute atomic E-state index is 12.6. The lowest BCUT2D eigenvalue weighted by molar-refractivity contribution is -0.384. The first-order valence-electron chi connectivity index (χ1n) is 10.2. The largest absolute Gasteiger partial charge is 0.573 e. The number of nitrogens with one attached hydrogen (secondary N) is 2. The molecule has 1 atom stereocenters. The second-order valence-electron chi connectivity index (χ2n) is 7.64. The number of hydrogen-bond donors (Lipinski definition) is 3. The van der Waals surface area contributed by atoms with E-state index in [4.69, 9.17) is 0 Å². The van der Waals surface area contributed by atoms with Crippen LogP contribution in [0.2, 0.25) is 0 Å². The molecule has 9 nitrogen and oxygen atoms in total. The van der Waals surface area contributed by atoms with Crippen LogP contribution >= 0.6 is 0 Å². The number of nitro benzene ring substituents is 1. The summed E-state index contributed by atoms with van der Waals surface area (Å²) in [5.41, 5.74) is 1.04. The van der Waals surface area contributed by atoms with Gasteiger partial charge >= 0.3 is 6.36 Å². The predicted molar refractivity (Wildman–Crippen MR) is 120 cm³/mol. The summed E-state index contributed by atoms with van der Waals surface area (Å²) >= 11 is 0. The third kappa shape index (κ3) is 6.78. The van der Waals surface area contributed by atoms with Crippen LogP contribution in [0, 0.1) is 16.0 Å². The Bertz CT molecular complexity index is 1140. The summed E-state index contributed by atoms with van der Waals surface area (Å²) in [6.07, 6.45) is -4.84. The van der Waals surface area contributed by atoms with Crippen LogP contribution in [-0.2, 0) is 0 Å². The van der Waals surface area contributed by atoms with Gasteiger partial charge in [0.2, 0.25) is 5.95 Å². The van der Waals surface area contributed by atoms with Crippen molar-refractivity contribution in [3.63, 3.8) is 0 Å². The number of alkyl halides is 3. The van der Waals surface area contributed by atoms with Crippen molar-refractivity contribution >= 4 is 23.1 Å². The third-order valence-electron chi connectivity index (χ3n) is 4.76. The van der Waals surface area contributed by atoms with E-state index in [1.807, 2.05) is 13.8 Å². The third-order valence-corrected chi connectivity index (χ3v) is 4.76. The summed E-state index contributed by atoms with van der Waals surface area (Å²) in [5, 5.41) is 26.6. The summed E-state index contributed by atoms with van der Waals surface area (Å²) < 4.78 is 41.9. The van der Waals surface area contributed by atoms with E-state index in [9.17, 15) is 28.4 Å². The molecule has 180 valence electrons. The number of ether oxygens (including phenoxy) is 1. The molecule has 0 spiro atoms. The number of nitro groups is 1. The highest BCUT2D eigenvalue weighted by atomic mass is 19.4.